The van der Waals surface area contributed by atoms with Crippen molar-refractivity contribution in [2.45, 2.75) is 13.8 Å². The topological polar surface area (TPSA) is 102 Å². The largest absolute Gasteiger partial charge is 0.478 e. The Hall–Kier alpha value is -2.99. The van der Waals surface area contributed by atoms with E-state index < -0.39 is 5.97 Å². The highest BCUT2D eigenvalue weighted by molar-refractivity contribution is 6.33. The van der Waals surface area contributed by atoms with Crippen LogP contribution >= 0.6 is 11.6 Å². The second-order valence-corrected chi connectivity index (χ2v) is 5.99. The van der Waals surface area contributed by atoms with Gasteiger partial charge in [-0.05, 0) is 32.0 Å². The lowest BCUT2D eigenvalue weighted by molar-refractivity contribution is 0.0697. The van der Waals surface area contributed by atoms with Gasteiger partial charge in [-0.1, -0.05) is 23.7 Å². The summed E-state index contributed by atoms with van der Waals surface area (Å²) in [6.45, 7) is 3.74. The van der Waals surface area contributed by atoms with Crippen LogP contribution in [-0.2, 0) is 0 Å². The van der Waals surface area contributed by atoms with Crippen LogP contribution in [0.3, 0.4) is 0 Å². The summed E-state index contributed by atoms with van der Waals surface area (Å²) in [5, 5.41) is 9.27. The summed E-state index contributed by atoms with van der Waals surface area (Å²) in [6, 6.07) is 8.50. The molecule has 0 atom stereocenters. The Labute approximate surface area is 149 Å². The number of rotatable bonds is 3. The minimum absolute atomic E-state index is 0.0303. The number of nitrogen functional groups attached to an aromatic ring is 1. The number of aromatic carboxylic acids is 1. The lowest BCUT2D eigenvalue weighted by Gasteiger charge is -2.13. The molecule has 0 aliphatic rings. The van der Waals surface area contributed by atoms with E-state index in [0.29, 0.717) is 17.0 Å². The number of benzene rings is 1. The van der Waals surface area contributed by atoms with Crippen molar-refractivity contribution in [1.29, 1.82) is 0 Å². The highest BCUT2D eigenvalue weighted by Crippen LogP contribution is 2.34. The van der Waals surface area contributed by atoms with Crippen LogP contribution in [0.2, 0.25) is 5.02 Å². The van der Waals surface area contributed by atoms with E-state index in [0.717, 1.165) is 16.8 Å². The molecule has 0 unspecified atom stereocenters. The first-order chi connectivity index (χ1) is 11.9. The van der Waals surface area contributed by atoms with E-state index in [2.05, 4.69) is 15.0 Å². The normalized spacial score (nSPS) is 10.7. The molecule has 0 bridgehead atoms. The minimum Gasteiger partial charge on any atom is -0.478 e. The molecule has 0 spiro atoms. The molecular weight excluding hydrogens is 340 g/mol. The smallest absolute Gasteiger partial charge is 0.337 e. The predicted octanol–water partition coefficient (Wildman–Crippen LogP) is 3.76. The van der Waals surface area contributed by atoms with Crippen LogP contribution in [-0.4, -0.2) is 26.0 Å². The third kappa shape index (κ3) is 3.29. The molecule has 3 rings (SSSR count). The second kappa shape index (κ2) is 6.49. The lowest BCUT2D eigenvalue weighted by atomic mass is 9.98. The van der Waals surface area contributed by atoms with Gasteiger partial charge in [0.05, 0.1) is 22.0 Å². The van der Waals surface area contributed by atoms with Gasteiger partial charge in [0.15, 0.2) is 0 Å². The van der Waals surface area contributed by atoms with E-state index in [1.807, 2.05) is 26.0 Å². The number of hydrogen-bond acceptors (Lipinski definition) is 5. The molecule has 0 amide bonds. The first-order valence-electron chi connectivity index (χ1n) is 7.47. The Morgan fingerprint density at radius 3 is 2.44 bits per heavy atom. The molecule has 2 aromatic heterocycles. The maximum Gasteiger partial charge on any atom is 0.337 e. The zero-order chi connectivity index (χ0) is 18.1. The molecule has 2 heterocycles. The quantitative estimate of drug-likeness (QED) is 0.742. The molecule has 6 nitrogen and oxygen atoms in total. The van der Waals surface area contributed by atoms with Crippen LogP contribution in [0.15, 0.2) is 36.5 Å². The highest BCUT2D eigenvalue weighted by Gasteiger charge is 2.17. The number of carboxylic acids is 1. The summed E-state index contributed by atoms with van der Waals surface area (Å²) in [6.07, 6.45) is 1.74. The van der Waals surface area contributed by atoms with Gasteiger partial charge < -0.3 is 10.8 Å². The summed E-state index contributed by atoms with van der Waals surface area (Å²) in [7, 11) is 0. The average Bonchev–Trinajstić information content (AvgIpc) is 2.55. The summed E-state index contributed by atoms with van der Waals surface area (Å²) in [4.78, 5) is 24.1. The van der Waals surface area contributed by atoms with Crippen LogP contribution in [0.5, 0.6) is 0 Å². The highest BCUT2D eigenvalue weighted by atomic mass is 35.5. The zero-order valence-corrected chi connectivity index (χ0v) is 14.4. The van der Waals surface area contributed by atoms with Crippen molar-refractivity contribution in [2.24, 2.45) is 0 Å². The maximum atomic E-state index is 11.2. The van der Waals surface area contributed by atoms with Gasteiger partial charge in [0.2, 0.25) is 5.95 Å². The first-order valence-corrected chi connectivity index (χ1v) is 7.85. The molecule has 1 aromatic carbocycles. The third-order valence-corrected chi connectivity index (χ3v) is 4.09. The zero-order valence-electron chi connectivity index (χ0n) is 13.6. The number of aryl methyl sites for hydroxylation is 2. The van der Waals surface area contributed by atoms with Crippen molar-refractivity contribution in [1.82, 2.24) is 15.0 Å². The van der Waals surface area contributed by atoms with Gasteiger partial charge in [-0.15, -0.1) is 0 Å². The predicted molar refractivity (Wildman–Crippen MR) is 96.6 cm³/mol. The molecule has 0 saturated carbocycles. The number of carbonyl (C=O) groups is 1. The number of hydrogen-bond donors (Lipinski definition) is 2. The number of nitrogens with two attached hydrogens (primary N) is 1. The Morgan fingerprint density at radius 1 is 1.12 bits per heavy atom. The van der Waals surface area contributed by atoms with Gasteiger partial charge in [-0.3, -0.25) is 4.98 Å². The standard InChI is InChI=1S/C18H15ClN4O2/c1-9-3-4-12(8-21-9)15-10(2)22-18(20)23-16(15)11-5-6-13(17(24)25)14(19)7-11/h3-8H,1-2H3,(H,24,25)(H2,20,22,23). The van der Waals surface area contributed by atoms with Crippen LogP contribution in [0.25, 0.3) is 22.4 Å². The summed E-state index contributed by atoms with van der Waals surface area (Å²) >= 11 is 6.11. The average molecular weight is 355 g/mol. The van der Waals surface area contributed by atoms with Crippen molar-refractivity contribution in [3.63, 3.8) is 0 Å². The van der Waals surface area contributed by atoms with Gasteiger partial charge in [-0.2, -0.15) is 0 Å². The van der Waals surface area contributed by atoms with Gasteiger partial charge in [0.1, 0.15) is 0 Å². The van der Waals surface area contributed by atoms with E-state index >= 15 is 0 Å². The molecule has 0 radical (unpaired) electrons. The lowest BCUT2D eigenvalue weighted by Crippen LogP contribution is -2.03. The number of pyridine rings is 1. The van der Waals surface area contributed by atoms with Gasteiger partial charge in [0.25, 0.3) is 0 Å². The molecule has 0 aliphatic carbocycles. The molecule has 0 aliphatic heterocycles. The van der Waals surface area contributed by atoms with Crippen LogP contribution in [0, 0.1) is 13.8 Å². The monoisotopic (exact) mass is 354 g/mol. The van der Waals surface area contributed by atoms with Gasteiger partial charge in [-0.25, -0.2) is 14.8 Å². The van der Waals surface area contributed by atoms with Crippen molar-refractivity contribution in [2.75, 3.05) is 5.73 Å². The summed E-state index contributed by atoms with van der Waals surface area (Å²) in [5.74, 6) is -0.951. The number of anilines is 1. The first kappa shape index (κ1) is 16.9. The number of carboxylic acid groups (broad SMARTS) is 1. The van der Waals surface area contributed by atoms with Crippen LogP contribution in [0.4, 0.5) is 5.95 Å². The molecule has 0 saturated heterocycles. The van der Waals surface area contributed by atoms with Crippen molar-refractivity contribution in [3.05, 3.63) is 58.5 Å². The summed E-state index contributed by atoms with van der Waals surface area (Å²) < 4.78 is 0. The van der Waals surface area contributed by atoms with Crippen molar-refractivity contribution < 1.29 is 9.90 Å². The van der Waals surface area contributed by atoms with Crippen LogP contribution < -0.4 is 5.73 Å². The fourth-order valence-electron chi connectivity index (χ4n) is 2.60. The molecule has 3 aromatic rings. The molecule has 3 N–H and O–H groups in total. The molecule has 7 heteroatoms. The van der Waals surface area contributed by atoms with E-state index in [9.17, 15) is 4.79 Å². The molecular formula is C18H15ClN4O2. The van der Waals surface area contributed by atoms with E-state index in [4.69, 9.17) is 22.4 Å². The Kier molecular flexibility index (Phi) is 4.37. The van der Waals surface area contributed by atoms with Crippen molar-refractivity contribution in [3.8, 4) is 22.4 Å². The SMILES string of the molecule is Cc1ccc(-c2c(C)nc(N)nc2-c2ccc(C(=O)O)c(Cl)c2)cn1. The van der Waals surface area contributed by atoms with Gasteiger partial charge in [0, 0.05) is 28.6 Å². The fraction of sp³-hybridized carbons (Fsp3) is 0.111. The minimum atomic E-state index is -1.09. The maximum absolute atomic E-state index is 11.2. The number of aromatic nitrogens is 3. The Morgan fingerprint density at radius 2 is 1.84 bits per heavy atom. The fourth-order valence-corrected chi connectivity index (χ4v) is 2.86. The van der Waals surface area contributed by atoms with E-state index in [1.165, 1.54) is 6.07 Å². The Bertz CT molecular complexity index is 972. The van der Waals surface area contributed by atoms with Crippen molar-refractivity contribution >= 4 is 23.5 Å². The molecule has 25 heavy (non-hydrogen) atoms. The second-order valence-electron chi connectivity index (χ2n) is 5.58. The molecule has 126 valence electrons. The number of halogens is 1. The van der Waals surface area contributed by atoms with Crippen LogP contribution in [0.1, 0.15) is 21.7 Å². The van der Waals surface area contributed by atoms with E-state index in [-0.39, 0.29) is 16.5 Å². The van der Waals surface area contributed by atoms with Gasteiger partial charge >= 0.3 is 5.97 Å². The number of nitrogens with zero attached hydrogens (tertiary/aromatic N) is 3. The Balaban J connectivity index is 2.24. The molecule has 0 fully saturated rings. The summed E-state index contributed by atoms with van der Waals surface area (Å²) in [5.41, 5.74) is 10.3. The third-order valence-electron chi connectivity index (χ3n) is 3.78. The van der Waals surface area contributed by atoms with E-state index in [1.54, 1.807) is 18.3 Å².